The minimum Gasteiger partial charge on any atom is -0.453 e. The van der Waals surface area contributed by atoms with Crippen LogP contribution in [0.2, 0.25) is 0 Å². The van der Waals surface area contributed by atoms with Gasteiger partial charge in [0.05, 0.1) is 5.69 Å². The Labute approximate surface area is 154 Å². The molecule has 8 nitrogen and oxygen atoms in total. The SMILES string of the molecule is Cl.N/C(=N\O)c1ccc(-c2ccc(-c3ccc(/C(N)=N/O)o3)cn2)cc1. The van der Waals surface area contributed by atoms with Gasteiger partial charge >= 0.3 is 0 Å². The molecule has 9 heteroatoms. The molecule has 0 saturated carbocycles. The molecule has 0 bridgehead atoms. The third-order valence-electron chi connectivity index (χ3n) is 3.60. The first-order valence-electron chi connectivity index (χ1n) is 7.25. The Morgan fingerprint density at radius 1 is 0.846 bits per heavy atom. The monoisotopic (exact) mass is 373 g/mol. The van der Waals surface area contributed by atoms with E-state index in [4.69, 9.17) is 26.3 Å². The van der Waals surface area contributed by atoms with Gasteiger partial charge in [0.25, 0.3) is 0 Å². The van der Waals surface area contributed by atoms with Crippen LogP contribution in [-0.4, -0.2) is 27.1 Å². The van der Waals surface area contributed by atoms with Crippen molar-refractivity contribution in [2.24, 2.45) is 21.8 Å². The normalized spacial score (nSPS) is 11.8. The van der Waals surface area contributed by atoms with Crippen LogP contribution in [-0.2, 0) is 0 Å². The molecule has 1 aromatic carbocycles. The van der Waals surface area contributed by atoms with E-state index in [1.54, 1.807) is 30.5 Å². The summed E-state index contributed by atoms with van der Waals surface area (Å²) in [5.74, 6) is 0.791. The van der Waals surface area contributed by atoms with Crippen molar-refractivity contribution in [1.29, 1.82) is 0 Å². The van der Waals surface area contributed by atoms with Crippen molar-refractivity contribution < 1.29 is 14.8 Å². The molecule has 2 aromatic heterocycles. The maximum atomic E-state index is 8.68. The van der Waals surface area contributed by atoms with Crippen molar-refractivity contribution in [3.63, 3.8) is 0 Å². The highest BCUT2D eigenvalue weighted by atomic mass is 35.5. The molecule has 3 aromatic rings. The first kappa shape index (κ1) is 18.8. The van der Waals surface area contributed by atoms with Crippen LogP contribution in [0.4, 0.5) is 0 Å². The number of pyridine rings is 1. The lowest BCUT2D eigenvalue weighted by atomic mass is 10.1. The predicted molar refractivity (Wildman–Crippen MR) is 99.6 cm³/mol. The lowest BCUT2D eigenvalue weighted by Crippen LogP contribution is -2.12. The Hall–Kier alpha value is -3.52. The van der Waals surface area contributed by atoms with Crippen LogP contribution in [0.5, 0.6) is 0 Å². The maximum Gasteiger partial charge on any atom is 0.205 e. The minimum atomic E-state index is -0.0957. The molecule has 0 saturated heterocycles. The molecule has 0 radical (unpaired) electrons. The summed E-state index contributed by atoms with van der Waals surface area (Å²) >= 11 is 0. The standard InChI is InChI=1S/C17H15N5O3.ClH/c18-16(21-23)11-3-1-10(2-4-11)13-6-5-12(9-20-13)14-7-8-15(25-14)17(19)22-24;/h1-9,23-24H,(H2,18,21)(H2,19,22);1H. The first-order chi connectivity index (χ1) is 12.1. The molecule has 0 aliphatic carbocycles. The summed E-state index contributed by atoms with van der Waals surface area (Å²) in [6, 6.07) is 14.2. The summed E-state index contributed by atoms with van der Waals surface area (Å²) < 4.78 is 5.52. The lowest BCUT2D eigenvalue weighted by Gasteiger charge is -2.04. The van der Waals surface area contributed by atoms with Gasteiger partial charge in [-0.2, -0.15) is 0 Å². The Bertz CT molecular complexity index is 934. The minimum absolute atomic E-state index is 0. The largest absolute Gasteiger partial charge is 0.453 e. The summed E-state index contributed by atoms with van der Waals surface area (Å²) in [5, 5.41) is 23.2. The van der Waals surface area contributed by atoms with Gasteiger partial charge in [0.15, 0.2) is 11.6 Å². The van der Waals surface area contributed by atoms with Crippen molar-refractivity contribution in [1.82, 2.24) is 4.98 Å². The highest BCUT2D eigenvalue weighted by molar-refractivity contribution is 5.97. The number of nitrogens with zero attached hydrogens (tertiary/aromatic N) is 3. The summed E-state index contributed by atoms with van der Waals surface area (Å²) in [5.41, 5.74) is 14.1. The molecule has 0 aliphatic heterocycles. The van der Waals surface area contributed by atoms with Crippen LogP contribution in [0.25, 0.3) is 22.6 Å². The van der Waals surface area contributed by atoms with E-state index in [9.17, 15) is 0 Å². The molecule has 6 N–H and O–H groups in total. The number of amidine groups is 2. The van der Waals surface area contributed by atoms with Crippen molar-refractivity contribution in [2.75, 3.05) is 0 Å². The zero-order valence-corrected chi connectivity index (χ0v) is 14.2. The van der Waals surface area contributed by atoms with E-state index in [0.717, 1.165) is 16.8 Å². The highest BCUT2D eigenvalue weighted by Gasteiger charge is 2.09. The van der Waals surface area contributed by atoms with E-state index in [1.807, 2.05) is 24.3 Å². The molecular formula is C17H16ClN5O3. The zero-order chi connectivity index (χ0) is 17.8. The Balaban J connectivity index is 0.00000243. The summed E-state index contributed by atoms with van der Waals surface area (Å²) in [4.78, 5) is 4.41. The van der Waals surface area contributed by atoms with E-state index >= 15 is 0 Å². The van der Waals surface area contributed by atoms with Gasteiger partial charge in [0.2, 0.25) is 5.84 Å². The molecule has 0 spiro atoms. The molecular weight excluding hydrogens is 358 g/mol. The number of oxime groups is 2. The number of halogens is 1. The van der Waals surface area contributed by atoms with Gasteiger partial charge in [-0.05, 0) is 24.3 Å². The van der Waals surface area contributed by atoms with E-state index < -0.39 is 0 Å². The maximum absolute atomic E-state index is 8.68. The van der Waals surface area contributed by atoms with Gasteiger partial charge in [-0.25, -0.2) is 0 Å². The van der Waals surface area contributed by atoms with Crippen LogP contribution >= 0.6 is 12.4 Å². The van der Waals surface area contributed by atoms with Gasteiger partial charge in [-0.15, -0.1) is 12.4 Å². The fourth-order valence-electron chi connectivity index (χ4n) is 2.26. The molecule has 0 amide bonds. The van der Waals surface area contributed by atoms with E-state index in [-0.39, 0.29) is 29.8 Å². The Morgan fingerprint density at radius 2 is 1.50 bits per heavy atom. The number of rotatable bonds is 4. The smallest absolute Gasteiger partial charge is 0.205 e. The number of furan rings is 1. The van der Waals surface area contributed by atoms with Crippen LogP contribution in [0.3, 0.4) is 0 Å². The highest BCUT2D eigenvalue weighted by Crippen LogP contribution is 2.24. The van der Waals surface area contributed by atoms with Crippen molar-refractivity contribution in [3.8, 4) is 22.6 Å². The molecule has 0 unspecified atom stereocenters. The molecule has 26 heavy (non-hydrogen) atoms. The lowest BCUT2D eigenvalue weighted by molar-refractivity contribution is 0.317. The van der Waals surface area contributed by atoms with E-state index in [2.05, 4.69) is 15.3 Å². The van der Waals surface area contributed by atoms with Crippen LogP contribution in [0.1, 0.15) is 11.3 Å². The fourth-order valence-corrected chi connectivity index (χ4v) is 2.26. The van der Waals surface area contributed by atoms with Crippen LogP contribution in [0, 0.1) is 0 Å². The van der Waals surface area contributed by atoms with Crippen molar-refractivity contribution in [2.45, 2.75) is 0 Å². The fraction of sp³-hybridized carbons (Fsp3) is 0. The van der Waals surface area contributed by atoms with Crippen LogP contribution < -0.4 is 11.5 Å². The Morgan fingerprint density at radius 3 is 2.08 bits per heavy atom. The van der Waals surface area contributed by atoms with Gasteiger partial charge in [0.1, 0.15) is 5.76 Å². The Kier molecular flexibility index (Phi) is 5.82. The number of aromatic nitrogens is 1. The molecule has 0 aliphatic rings. The quantitative estimate of drug-likeness (QED) is 0.239. The number of nitrogens with two attached hydrogens (primary N) is 2. The third kappa shape index (κ3) is 3.76. The van der Waals surface area contributed by atoms with Gasteiger partial charge in [-0.1, -0.05) is 34.6 Å². The number of hydrogen-bond donors (Lipinski definition) is 4. The molecule has 0 atom stereocenters. The molecule has 134 valence electrons. The van der Waals surface area contributed by atoms with Gasteiger partial charge < -0.3 is 26.3 Å². The second kappa shape index (κ2) is 8.04. The van der Waals surface area contributed by atoms with E-state index in [0.29, 0.717) is 11.3 Å². The molecule has 3 rings (SSSR count). The number of benzene rings is 1. The summed E-state index contributed by atoms with van der Waals surface area (Å²) in [6.45, 7) is 0. The molecule has 0 fully saturated rings. The topological polar surface area (TPSA) is 143 Å². The van der Waals surface area contributed by atoms with Gasteiger partial charge in [0, 0.05) is 22.9 Å². The van der Waals surface area contributed by atoms with E-state index in [1.165, 1.54) is 0 Å². The second-order valence-electron chi connectivity index (χ2n) is 5.14. The average molecular weight is 374 g/mol. The van der Waals surface area contributed by atoms with Crippen molar-refractivity contribution in [3.05, 3.63) is 66.1 Å². The predicted octanol–water partition coefficient (Wildman–Crippen LogP) is 2.62. The number of hydrogen-bond acceptors (Lipinski definition) is 6. The average Bonchev–Trinajstić information content (AvgIpc) is 3.17. The first-order valence-corrected chi connectivity index (χ1v) is 7.25. The molecule has 2 heterocycles. The summed E-state index contributed by atoms with van der Waals surface area (Å²) in [6.07, 6.45) is 1.67. The zero-order valence-electron chi connectivity index (χ0n) is 13.4. The third-order valence-corrected chi connectivity index (χ3v) is 3.60. The summed E-state index contributed by atoms with van der Waals surface area (Å²) in [7, 11) is 0. The van der Waals surface area contributed by atoms with Gasteiger partial charge in [-0.3, -0.25) is 4.98 Å². The van der Waals surface area contributed by atoms with Crippen LogP contribution in [0.15, 0.2) is 69.5 Å². The van der Waals surface area contributed by atoms with Crippen molar-refractivity contribution >= 4 is 24.1 Å². The second-order valence-corrected chi connectivity index (χ2v) is 5.14.